The predicted molar refractivity (Wildman–Crippen MR) is 117 cm³/mol. The van der Waals surface area contributed by atoms with E-state index in [1.165, 1.54) is 0 Å². The van der Waals surface area contributed by atoms with Crippen LogP contribution in [0.4, 0.5) is 5.82 Å². The molecule has 2 aromatic carbocycles. The van der Waals surface area contributed by atoms with Crippen LogP contribution in [0.5, 0.6) is 0 Å². The fourth-order valence-corrected chi connectivity index (χ4v) is 4.12. The zero-order valence-electron chi connectivity index (χ0n) is 16.4. The highest BCUT2D eigenvalue weighted by atomic mass is 16.2. The molecule has 4 aromatic rings. The molecule has 7 nitrogen and oxygen atoms in total. The summed E-state index contributed by atoms with van der Waals surface area (Å²) in [6, 6.07) is 15.0. The van der Waals surface area contributed by atoms with Gasteiger partial charge < -0.3 is 14.4 Å². The Morgan fingerprint density at radius 2 is 1.50 bits per heavy atom. The number of carbonyl (C=O) groups is 1. The molecular formula is C23H21N5O2. The molecule has 150 valence electrons. The van der Waals surface area contributed by atoms with Crippen LogP contribution in [0.2, 0.25) is 0 Å². The van der Waals surface area contributed by atoms with Gasteiger partial charge in [0.1, 0.15) is 12.4 Å². The van der Waals surface area contributed by atoms with Crippen molar-refractivity contribution >= 4 is 33.5 Å². The van der Waals surface area contributed by atoms with Gasteiger partial charge in [0.15, 0.2) is 5.43 Å². The lowest BCUT2D eigenvalue weighted by atomic mass is 10.1. The highest BCUT2D eigenvalue weighted by Gasteiger charge is 2.23. The minimum Gasteiger partial charge on any atom is -0.352 e. The lowest BCUT2D eigenvalue weighted by Gasteiger charge is -2.35. The van der Waals surface area contributed by atoms with Crippen molar-refractivity contribution in [2.24, 2.45) is 0 Å². The Bertz CT molecular complexity index is 1220. The first-order chi connectivity index (χ1) is 14.7. The number of piperazine rings is 1. The molecule has 30 heavy (non-hydrogen) atoms. The molecule has 1 aliphatic rings. The number of hydrogen-bond donors (Lipinski definition) is 0. The first-order valence-electron chi connectivity index (χ1n) is 10.0. The molecule has 7 heteroatoms. The van der Waals surface area contributed by atoms with Gasteiger partial charge in [0.2, 0.25) is 5.91 Å². The molecule has 0 unspecified atom stereocenters. The second-order valence-corrected chi connectivity index (χ2v) is 7.38. The van der Waals surface area contributed by atoms with E-state index < -0.39 is 0 Å². The Morgan fingerprint density at radius 1 is 0.867 bits per heavy atom. The van der Waals surface area contributed by atoms with Crippen LogP contribution in [-0.4, -0.2) is 51.5 Å². The molecule has 2 aromatic heterocycles. The van der Waals surface area contributed by atoms with Crippen LogP contribution in [0, 0.1) is 0 Å². The summed E-state index contributed by atoms with van der Waals surface area (Å²) in [5.74, 6) is 0.884. The molecule has 0 bridgehead atoms. The zero-order chi connectivity index (χ0) is 20.5. The number of anilines is 1. The van der Waals surface area contributed by atoms with Crippen LogP contribution in [-0.2, 0) is 11.3 Å². The molecule has 1 amide bonds. The van der Waals surface area contributed by atoms with E-state index >= 15 is 0 Å². The van der Waals surface area contributed by atoms with Crippen molar-refractivity contribution in [3.8, 4) is 0 Å². The number of rotatable bonds is 3. The number of aromatic nitrogens is 3. The first-order valence-corrected chi connectivity index (χ1v) is 10.0. The largest absolute Gasteiger partial charge is 0.352 e. The van der Waals surface area contributed by atoms with Gasteiger partial charge in [0, 0.05) is 49.3 Å². The fraction of sp³-hybridized carbons (Fsp3) is 0.217. The van der Waals surface area contributed by atoms with Crippen molar-refractivity contribution in [1.29, 1.82) is 0 Å². The van der Waals surface area contributed by atoms with Crippen LogP contribution in [0.1, 0.15) is 0 Å². The summed E-state index contributed by atoms with van der Waals surface area (Å²) in [6.07, 6.45) is 5.08. The van der Waals surface area contributed by atoms with Gasteiger partial charge in [0.25, 0.3) is 0 Å². The number of para-hydroxylation sites is 2. The van der Waals surface area contributed by atoms with Crippen LogP contribution in [0.25, 0.3) is 21.8 Å². The van der Waals surface area contributed by atoms with Gasteiger partial charge in [-0.15, -0.1) is 0 Å². The molecule has 0 spiro atoms. The van der Waals surface area contributed by atoms with E-state index in [1.807, 2.05) is 58.0 Å². The second-order valence-electron chi connectivity index (χ2n) is 7.38. The van der Waals surface area contributed by atoms with E-state index in [9.17, 15) is 9.59 Å². The van der Waals surface area contributed by atoms with Gasteiger partial charge >= 0.3 is 0 Å². The summed E-state index contributed by atoms with van der Waals surface area (Å²) < 4.78 is 1.96. The van der Waals surface area contributed by atoms with E-state index in [4.69, 9.17) is 0 Å². The lowest BCUT2D eigenvalue weighted by molar-refractivity contribution is -0.132. The van der Waals surface area contributed by atoms with Gasteiger partial charge in [0.05, 0.1) is 17.2 Å². The summed E-state index contributed by atoms with van der Waals surface area (Å²) in [7, 11) is 0. The molecule has 0 radical (unpaired) electrons. The number of pyridine rings is 1. The van der Waals surface area contributed by atoms with Gasteiger partial charge in [-0.25, -0.2) is 4.98 Å². The maximum absolute atomic E-state index is 13.2. The maximum Gasteiger partial charge on any atom is 0.242 e. The first kappa shape index (κ1) is 18.3. The smallest absolute Gasteiger partial charge is 0.242 e. The summed E-state index contributed by atoms with van der Waals surface area (Å²) >= 11 is 0. The molecule has 0 aliphatic carbocycles. The third kappa shape index (κ3) is 3.18. The molecule has 1 aliphatic heterocycles. The normalized spacial score (nSPS) is 14.4. The van der Waals surface area contributed by atoms with Crippen molar-refractivity contribution in [3.63, 3.8) is 0 Å². The van der Waals surface area contributed by atoms with Gasteiger partial charge in [-0.05, 0) is 24.3 Å². The average Bonchev–Trinajstić information content (AvgIpc) is 2.82. The Kier molecular flexibility index (Phi) is 4.63. The second kappa shape index (κ2) is 7.59. The molecule has 5 rings (SSSR count). The number of fused-ring (bicyclic) bond motifs is 2. The summed E-state index contributed by atoms with van der Waals surface area (Å²) in [4.78, 5) is 38.5. The number of benzene rings is 2. The van der Waals surface area contributed by atoms with E-state index in [0.29, 0.717) is 23.9 Å². The van der Waals surface area contributed by atoms with E-state index in [2.05, 4.69) is 14.9 Å². The lowest BCUT2D eigenvalue weighted by Crippen LogP contribution is -2.50. The Morgan fingerprint density at radius 3 is 2.10 bits per heavy atom. The highest BCUT2D eigenvalue weighted by molar-refractivity contribution is 5.94. The van der Waals surface area contributed by atoms with Crippen LogP contribution < -0.4 is 10.3 Å². The maximum atomic E-state index is 13.2. The molecule has 0 saturated carbocycles. The highest BCUT2D eigenvalue weighted by Crippen LogP contribution is 2.20. The number of amides is 1. The molecule has 0 N–H and O–H groups in total. The third-order valence-corrected chi connectivity index (χ3v) is 5.68. The quantitative estimate of drug-likeness (QED) is 0.495. The SMILES string of the molecule is O=C(Cn1c2ccccc2c(=O)c2ccccc21)N1CCN(c2cnccn2)CC1. The minimum absolute atomic E-state index is 0.00230. The summed E-state index contributed by atoms with van der Waals surface area (Å²) in [5.41, 5.74) is 1.57. The van der Waals surface area contributed by atoms with Crippen molar-refractivity contribution in [3.05, 3.63) is 77.3 Å². The van der Waals surface area contributed by atoms with Gasteiger partial charge in [-0.1, -0.05) is 24.3 Å². The van der Waals surface area contributed by atoms with Crippen molar-refractivity contribution in [2.45, 2.75) is 6.54 Å². The van der Waals surface area contributed by atoms with Crippen LogP contribution >= 0.6 is 0 Å². The number of hydrogen-bond acceptors (Lipinski definition) is 5. The van der Waals surface area contributed by atoms with Crippen LogP contribution in [0.3, 0.4) is 0 Å². The minimum atomic E-state index is 0.00230. The summed E-state index contributed by atoms with van der Waals surface area (Å²) in [6.45, 7) is 2.90. The van der Waals surface area contributed by atoms with E-state index in [0.717, 1.165) is 29.9 Å². The zero-order valence-corrected chi connectivity index (χ0v) is 16.4. The molecule has 0 atom stereocenters. The Balaban J connectivity index is 1.43. The van der Waals surface area contributed by atoms with Gasteiger partial charge in [-0.3, -0.25) is 14.6 Å². The van der Waals surface area contributed by atoms with Crippen molar-refractivity contribution in [1.82, 2.24) is 19.4 Å². The molecule has 1 saturated heterocycles. The molecule has 1 fully saturated rings. The number of carbonyl (C=O) groups excluding carboxylic acids is 1. The van der Waals surface area contributed by atoms with E-state index in [1.54, 1.807) is 18.6 Å². The van der Waals surface area contributed by atoms with Crippen molar-refractivity contribution in [2.75, 3.05) is 31.1 Å². The predicted octanol–water partition coefficient (Wildman–Crippen LogP) is 2.29. The number of nitrogens with zero attached hydrogens (tertiary/aromatic N) is 5. The van der Waals surface area contributed by atoms with Gasteiger partial charge in [-0.2, -0.15) is 0 Å². The Hall–Kier alpha value is -3.74. The third-order valence-electron chi connectivity index (χ3n) is 5.68. The summed E-state index contributed by atoms with van der Waals surface area (Å²) in [5, 5.41) is 1.27. The van der Waals surface area contributed by atoms with E-state index in [-0.39, 0.29) is 17.9 Å². The average molecular weight is 399 g/mol. The van der Waals surface area contributed by atoms with Crippen molar-refractivity contribution < 1.29 is 4.79 Å². The standard InChI is InChI=1S/C23H21N5O2/c29-22(27-13-11-26(12-14-27)21-15-24-9-10-25-21)16-28-19-7-3-1-5-17(19)23(30)18-6-2-4-8-20(18)28/h1-10,15H,11-14,16H2. The molecular weight excluding hydrogens is 378 g/mol. The monoisotopic (exact) mass is 399 g/mol. The fourth-order valence-electron chi connectivity index (χ4n) is 4.12. The van der Waals surface area contributed by atoms with Crippen LogP contribution in [0.15, 0.2) is 71.9 Å². The molecule has 3 heterocycles. The topological polar surface area (TPSA) is 71.3 Å². The Labute approximate surface area is 173 Å².